The van der Waals surface area contributed by atoms with Gasteiger partial charge in [-0.25, -0.2) is 4.79 Å². The zero-order valence-electron chi connectivity index (χ0n) is 13.3. The van der Waals surface area contributed by atoms with Crippen LogP contribution in [0.5, 0.6) is 0 Å². The Balaban J connectivity index is 1.77. The minimum absolute atomic E-state index is 0.265. The number of rotatable bonds is 6. The summed E-state index contributed by atoms with van der Waals surface area (Å²) in [5.74, 6) is -0.880. The molecule has 0 unspecified atom stereocenters. The predicted octanol–water partition coefficient (Wildman–Crippen LogP) is 3.89. The standard InChI is InChI=1S/C18H22ClNO3/c1-13(23-18(22)15-9-5-6-10-16(15)19)17(21)20-12-11-14-7-3-2-4-8-14/h5-7,9-10,13H,2-4,8,11-12H2,1H3,(H,20,21)/t13-/m0/s1. The topological polar surface area (TPSA) is 55.4 Å². The maximum absolute atomic E-state index is 12.0. The third-order valence-corrected chi connectivity index (χ3v) is 4.21. The highest BCUT2D eigenvalue weighted by Gasteiger charge is 2.20. The number of carbonyl (C=O) groups is 2. The molecule has 0 saturated carbocycles. The number of esters is 1. The summed E-state index contributed by atoms with van der Waals surface area (Å²) < 4.78 is 5.17. The molecule has 1 aromatic rings. The zero-order valence-corrected chi connectivity index (χ0v) is 14.1. The van der Waals surface area contributed by atoms with Crippen LogP contribution in [0, 0.1) is 0 Å². The average molecular weight is 336 g/mol. The molecule has 23 heavy (non-hydrogen) atoms. The molecule has 5 heteroatoms. The van der Waals surface area contributed by atoms with Crippen LogP contribution in [0.3, 0.4) is 0 Å². The van der Waals surface area contributed by atoms with E-state index in [1.54, 1.807) is 31.2 Å². The minimum atomic E-state index is -0.848. The van der Waals surface area contributed by atoms with E-state index < -0.39 is 12.1 Å². The Hall–Kier alpha value is -1.81. The van der Waals surface area contributed by atoms with Crippen LogP contribution in [-0.2, 0) is 9.53 Å². The molecule has 1 atom stereocenters. The van der Waals surface area contributed by atoms with E-state index in [0.29, 0.717) is 11.6 Å². The second kappa shape index (κ2) is 8.73. The first-order valence-electron chi connectivity index (χ1n) is 7.99. The Bertz CT molecular complexity index is 598. The van der Waals surface area contributed by atoms with Gasteiger partial charge in [-0.15, -0.1) is 0 Å². The van der Waals surface area contributed by atoms with Gasteiger partial charge in [0.15, 0.2) is 6.10 Å². The zero-order chi connectivity index (χ0) is 16.7. The molecule has 0 radical (unpaired) electrons. The van der Waals surface area contributed by atoms with Gasteiger partial charge in [-0.1, -0.05) is 35.4 Å². The van der Waals surface area contributed by atoms with Crippen LogP contribution in [0.4, 0.5) is 0 Å². The van der Waals surface area contributed by atoms with Gasteiger partial charge in [0.25, 0.3) is 5.91 Å². The summed E-state index contributed by atoms with van der Waals surface area (Å²) in [7, 11) is 0. The largest absolute Gasteiger partial charge is 0.449 e. The smallest absolute Gasteiger partial charge is 0.340 e. The maximum atomic E-state index is 12.0. The van der Waals surface area contributed by atoms with Gasteiger partial charge in [0.05, 0.1) is 10.6 Å². The van der Waals surface area contributed by atoms with Crippen LogP contribution in [0.25, 0.3) is 0 Å². The first-order chi connectivity index (χ1) is 11.1. The summed E-state index contributed by atoms with van der Waals surface area (Å²) in [5, 5.41) is 3.13. The van der Waals surface area contributed by atoms with Crippen LogP contribution in [0.15, 0.2) is 35.9 Å². The monoisotopic (exact) mass is 335 g/mol. The molecule has 0 bridgehead atoms. The maximum Gasteiger partial charge on any atom is 0.340 e. The van der Waals surface area contributed by atoms with Gasteiger partial charge in [0, 0.05) is 6.54 Å². The second-order valence-electron chi connectivity index (χ2n) is 5.68. The molecule has 1 aromatic carbocycles. The lowest BCUT2D eigenvalue weighted by atomic mass is 9.97. The lowest BCUT2D eigenvalue weighted by Crippen LogP contribution is -2.36. The predicted molar refractivity (Wildman–Crippen MR) is 90.5 cm³/mol. The third-order valence-electron chi connectivity index (χ3n) is 3.88. The summed E-state index contributed by atoms with van der Waals surface area (Å²) in [6, 6.07) is 6.62. The summed E-state index contributed by atoms with van der Waals surface area (Å²) in [6.45, 7) is 2.13. The lowest BCUT2D eigenvalue weighted by molar-refractivity contribution is -0.129. The normalized spacial score (nSPS) is 15.5. The summed E-state index contributed by atoms with van der Waals surface area (Å²) in [5.41, 5.74) is 1.67. The van der Waals surface area contributed by atoms with Crippen LogP contribution in [0.1, 0.15) is 49.4 Å². The van der Waals surface area contributed by atoms with E-state index in [4.69, 9.17) is 16.3 Å². The van der Waals surface area contributed by atoms with Gasteiger partial charge < -0.3 is 10.1 Å². The number of hydrogen-bond acceptors (Lipinski definition) is 3. The van der Waals surface area contributed by atoms with Gasteiger partial charge in [-0.3, -0.25) is 4.79 Å². The molecule has 1 N–H and O–H groups in total. The number of halogens is 1. The van der Waals surface area contributed by atoms with E-state index in [9.17, 15) is 9.59 Å². The van der Waals surface area contributed by atoms with Crippen molar-refractivity contribution in [2.24, 2.45) is 0 Å². The van der Waals surface area contributed by atoms with E-state index >= 15 is 0 Å². The number of nitrogens with one attached hydrogen (secondary N) is 1. The highest BCUT2D eigenvalue weighted by Crippen LogP contribution is 2.19. The van der Waals surface area contributed by atoms with Crippen LogP contribution in [-0.4, -0.2) is 24.5 Å². The molecular weight excluding hydrogens is 314 g/mol. The molecule has 124 valence electrons. The summed E-state index contributed by atoms with van der Waals surface area (Å²) >= 11 is 5.94. The van der Waals surface area contributed by atoms with E-state index in [0.717, 1.165) is 19.3 Å². The number of hydrogen-bond donors (Lipinski definition) is 1. The van der Waals surface area contributed by atoms with E-state index in [1.807, 2.05) is 0 Å². The highest BCUT2D eigenvalue weighted by atomic mass is 35.5. The van der Waals surface area contributed by atoms with E-state index in [-0.39, 0.29) is 11.5 Å². The van der Waals surface area contributed by atoms with E-state index in [2.05, 4.69) is 11.4 Å². The van der Waals surface area contributed by atoms with Gasteiger partial charge in [-0.05, 0) is 51.2 Å². The molecule has 1 aliphatic rings. The number of allylic oxidation sites excluding steroid dienone is 1. The number of benzene rings is 1. The van der Waals surface area contributed by atoms with Gasteiger partial charge >= 0.3 is 5.97 Å². The first-order valence-corrected chi connectivity index (χ1v) is 8.37. The average Bonchev–Trinajstić information content (AvgIpc) is 2.56. The van der Waals surface area contributed by atoms with Crippen molar-refractivity contribution >= 4 is 23.5 Å². The number of ether oxygens (including phenoxy) is 1. The Morgan fingerprint density at radius 2 is 2.09 bits per heavy atom. The molecule has 0 aliphatic heterocycles. The fourth-order valence-corrected chi connectivity index (χ4v) is 2.74. The van der Waals surface area contributed by atoms with Crippen molar-refractivity contribution in [1.82, 2.24) is 5.32 Å². The van der Waals surface area contributed by atoms with Crippen LogP contribution >= 0.6 is 11.6 Å². The van der Waals surface area contributed by atoms with Crippen molar-refractivity contribution in [1.29, 1.82) is 0 Å². The molecule has 0 fully saturated rings. The Kier molecular flexibility index (Phi) is 6.66. The van der Waals surface area contributed by atoms with E-state index in [1.165, 1.54) is 18.4 Å². The van der Waals surface area contributed by atoms with Crippen molar-refractivity contribution in [2.75, 3.05) is 6.54 Å². The Morgan fingerprint density at radius 1 is 1.30 bits per heavy atom. The molecule has 0 heterocycles. The van der Waals surface area contributed by atoms with Crippen molar-refractivity contribution < 1.29 is 14.3 Å². The SMILES string of the molecule is C[C@H](OC(=O)c1ccccc1Cl)C(=O)NCCC1=CCCCC1. The molecular formula is C18H22ClNO3. The van der Waals surface area contributed by atoms with Crippen molar-refractivity contribution in [3.8, 4) is 0 Å². The Labute approximate surface area is 141 Å². The van der Waals surface area contributed by atoms with Gasteiger partial charge in [-0.2, -0.15) is 0 Å². The summed E-state index contributed by atoms with van der Waals surface area (Å²) in [4.78, 5) is 24.0. The van der Waals surface area contributed by atoms with Crippen molar-refractivity contribution in [3.63, 3.8) is 0 Å². The molecule has 0 aromatic heterocycles. The molecule has 0 spiro atoms. The molecule has 1 amide bonds. The Morgan fingerprint density at radius 3 is 2.78 bits per heavy atom. The fraction of sp³-hybridized carbons (Fsp3) is 0.444. The molecule has 1 aliphatic carbocycles. The third kappa shape index (κ3) is 5.39. The fourth-order valence-electron chi connectivity index (χ4n) is 2.53. The van der Waals surface area contributed by atoms with Crippen molar-refractivity contribution in [2.45, 2.75) is 45.1 Å². The lowest BCUT2D eigenvalue weighted by Gasteiger charge is -2.16. The number of amides is 1. The molecule has 0 saturated heterocycles. The van der Waals surface area contributed by atoms with Crippen molar-refractivity contribution in [3.05, 3.63) is 46.5 Å². The van der Waals surface area contributed by atoms with Gasteiger partial charge in [0.1, 0.15) is 0 Å². The molecule has 4 nitrogen and oxygen atoms in total. The van der Waals surface area contributed by atoms with Crippen LogP contribution in [0.2, 0.25) is 5.02 Å². The molecule has 2 rings (SSSR count). The van der Waals surface area contributed by atoms with Crippen LogP contribution < -0.4 is 5.32 Å². The highest BCUT2D eigenvalue weighted by molar-refractivity contribution is 6.33. The minimum Gasteiger partial charge on any atom is -0.449 e. The first kappa shape index (κ1) is 17.5. The second-order valence-corrected chi connectivity index (χ2v) is 6.08. The van der Waals surface area contributed by atoms with Gasteiger partial charge in [0.2, 0.25) is 0 Å². The summed E-state index contributed by atoms with van der Waals surface area (Å²) in [6.07, 6.45) is 7.01. The number of carbonyl (C=O) groups excluding carboxylic acids is 2. The quantitative estimate of drug-likeness (QED) is 0.633.